The van der Waals surface area contributed by atoms with Crippen LogP contribution in [0, 0.1) is 6.92 Å². The van der Waals surface area contributed by atoms with Crippen LogP contribution in [0.15, 0.2) is 42.6 Å². The molecule has 5 heteroatoms. The number of hydrogen-bond acceptors (Lipinski definition) is 4. The largest absolute Gasteiger partial charge is 0.496 e. The number of benzene rings is 2. The van der Waals surface area contributed by atoms with E-state index in [0.29, 0.717) is 6.04 Å². The van der Waals surface area contributed by atoms with Gasteiger partial charge in [0.25, 0.3) is 0 Å². The van der Waals surface area contributed by atoms with Gasteiger partial charge in [-0.2, -0.15) is 0 Å². The molecule has 0 aliphatic carbocycles. The van der Waals surface area contributed by atoms with Gasteiger partial charge in [-0.05, 0) is 62.9 Å². The molecule has 1 aromatic heterocycles. The molecule has 0 unspecified atom stereocenters. The first-order valence-corrected chi connectivity index (χ1v) is 12.2. The highest BCUT2D eigenvalue weighted by Gasteiger charge is 2.48. The van der Waals surface area contributed by atoms with E-state index in [4.69, 9.17) is 4.74 Å². The summed E-state index contributed by atoms with van der Waals surface area (Å²) in [5.41, 5.74) is 5.76. The number of carbonyl (C=O) groups is 1. The SMILES string of the molecule is CCN1CC[C@]2(c3ccc(C(C)=O)cc3)C[C@H]1CCN2Cc1c(OC)cc(C)c2[nH]ccc12. The summed E-state index contributed by atoms with van der Waals surface area (Å²) in [7, 11) is 1.78. The van der Waals surface area contributed by atoms with E-state index in [0.717, 1.165) is 50.3 Å². The van der Waals surface area contributed by atoms with Gasteiger partial charge in [-0.3, -0.25) is 9.69 Å². The lowest BCUT2D eigenvalue weighted by Gasteiger charge is -2.56. The minimum absolute atomic E-state index is 0.0254. The summed E-state index contributed by atoms with van der Waals surface area (Å²) in [6.45, 7) is 10.2. The number of hydrogen-bond donors (Lipinski definition) is 1. The number of methoxy groups -OCH3 is 1. The van der Waals surface area contributed by atoms with E-state index in [1.165, 1.54) is 34.0 Å². The van der Waals surface area contributed by atoms with E-state index >= 15 is 0 Å². The number of likely N-dealkylation sites (tertiary alicyclic amines) is 2. The van der Waals surface area contributed by atoms with Crippen molar-refractivity contribution in [1.82, 2.24) is 14.8 Å². The van der Waals surface area contributed by atoms with Gasteiger partial charge in [0.2, 0.25) is 0 Å². The number of aryl methyl sites for hydroxylation is 1. The van der Waals surface area contributed by atoms with Crippen molar-refractivity contribution in [1.29, 1.82) is 0 Å². The number of aromatic nitrogens is 1. The number of ether oxygens (including phenoxy) is 1. The monoisotopic (exact) mass is 445 g/mol. The number of H-pyrrole nitrogens is 1. The molecule has 3 aromatic rings. The molecule has 2 atom stereocenters. The van der Waals surface area contributed by atoms with Crippen molar-refractivity contribution in [2.75, 3.05) is 26.7 Å². The minimum atomic E-state index is -0.0254. The van der Waals surface area contributed by atoms with Crippen LogP contribution >= 0.6 is 0 Å². The molecule has 5 nitrogen and oxygen atoms in total. The standard InChI is InChI=1S/C28H35N3O2/c1-5-30-15-12-28(22-8-6-21(7-9-22)20(3)32)17-23(30)11-14-31(28)18-25-24-10-13-29-27(24)19(2)16-26(25)33-4/h6-10,13,16,23,29H,5,11-12,14-15,17-18H2,1-4H3/t23-,28-/m1/s1. The second-order valence-corrected chi connectivity index (χ2v) is 9.75. The molecule has 1 N–H and O–H groups in total. The second-order valence-electron chi connectivity index (χ2n) is 9.75. The molecule has 0 amide bonds. The van der Waals surface area contributed by atoms with Crippen LogP contribution in [0.4, 0.5) is 0 Å². The second kappa shape index (κ2) is 8.62. The normalized spacial score (nSPS) is 23.7. The van der Waals surface area contributed by atoms with E-state index in [1.54, 1.807) is 14.0 Å². The first kappa shape index (κ1) is 22.2. The molecule has 2 saturated heterocycles. The highest BCUT2D eigenvalue weighted by molar-refractivity contribution is 5.94. The van der Waals surface area contributed by atoms with Gasteiger partial charge in [0, 0.05) is 59.4 Å². The molecular weight excluding hydrogens is 410 g/mol. The fraction of sp³-hybridized carbons (Fsp3) is 0.464. The number of fused-ring (bicyclic) bond motifs is 3. The van der Waals surface area contributed by atoms with Crippen LogP contribution in [0.25, 0.3) is 10.9 Å². The molecule has 33 heavy (non-hydrogen) atoms. The Balaban J connectivity index is 1.58. The number of Topliss-reactive ketones (excluding diaryl/α,β-unsaturated/α-hetero) is 1. The van der Waals surface area contributed by atoms with Gasteiger partial charge >= 0.3 is 0 Å². The summed E-state index contributed by atoms with van der Waals surface area (Å²) in [4.78, 5) is 20.7. The summed E-state index contributed by atoms with van der Waals surface area (Å²) in [5, 5.41) is 1.25. The fourth-order valence-corrected chi connectivity index (χ4v) is 6.30. The number of carbonyl (C=O) groups excluding carboxylic acids is 1. The van der Waals surface area contributed by atoms with Crippen molar-refractivity contribution in [3.8, 4) is 5.75 Å². The van der Waals surface area contributed by atoms with Crippen molar-refractivity contribution in [3.63, 3.8) is 0 Å². The van der Waals surface area contributed by atoms with Crippen molar-refractivity contribution >= 4 is 16.7 Å². The number of rotatable bonds is 6. The molecule has 2 fully saturated rings. The van der Waals surface area contributed by atoms with Crippen LogP contribution in [0.2, 0.25) is 0 Å². The van der Waals surface area contributed by atoms with Crippen LogP contribution in [0.3, 0.4) is 0 Å². The molecule has 0 spiro atoms. The zero-order valence-corrected chi connectivity index (χ0v) is 20.3. The van der Waals surface area contributed by atoms with Crippen LogP contribution in [0.1, 0.15) is 60.2 Å². The lowest BCUT2D eigenvalue weighted by Crippen LogP contribution is -2.61. The van der Waals surface area contributed by atoms with Crippen molar-refractivity contribution in [2.45, 2.75) is 58.2 Å². The van der Waals surface area contributed by atoms with Gasteiger partial charge in [-0.1, -0.05) is 31.2 Å². The molecule has 0 radical (unpaired) electrons. The van der Waals surface area contributed by atoms with Gasteiger partial charge in [0.15, 0.2) is 5.78 Å². The quantitative estimate of drug-likeness (QED) is 0.525. The number of piperidine rings is 2. The Hall–Kier alpha value is -2.63. The summed E-state index contributed by atoms with van der Waals surface area (Å²) in [6.07, 6.45) is 5.44. The summed E-state index contributed by atoms with van der Waals surface area (Å²) in [5.74, 6) is 1.09. The first-order chi connectivity index (χ1) is 16.0. The Morgan fingerprint density at radius 2 is 2.00 bits per heavy atom. The van der Waals surface area contributed by atoms with E-state index in [1.807, 2.05) is 18.3 Å². The summed E-state index contributed by atoms with van der Waals surface area (Å²) in [6, 6.07) is 13.4. The Morgan fingerprint density at radius 1 is 1.21 bits per heavy atom. The zero-order valence-electron chi connectivity index (χ0n) is 20.3. The predicted octanol–water partition coefficient (Wildman–Crippen LogP) is 5.27. The van der Waals surface area contributed by atoms with Gasteiger partial charge in [-0.15, -0.1) is 0 Å². The van der Waals surface area contributed by atoms with Crippen LogP contribution < -0.4 is 4.74 Å². The maximum Gasteiger partial charge on any atom is 0.159 e. The lowest BCUT2D eigenvalue weighted by atomic mass is 9.72. The van der Waals surface area contributed by atoms with Crippen LogP contribution in [0.5, 0.6) is 5.75 Å². The number of nitrogens with one attached hydrogen (secondary N) is 1. The molecule has 2 aliphatic heterocycles. The highest BCUT2D eigenvalue weighted by Crippen LogP contribution is 2.47. The van der Waals surface area contributed by atoms with Gasteiger partial charge in [-0.25, -0.2) is 0 Å². The molecule has 2 aromatic carbocycles. The number of aromatic amines is 1. The Morgan fingerprint density at radius 3 is 2.70 bits per heavy atom. The molecule has 0 saturated carbocycles. The maximum atomic E-state index is 11.9. The molecular formula is C28H35N3O2. The highest BCUT2D eigenvalue weighted by atomic mass is 16.5. The van der Waals surface area contributed by atoms with Gasteiger partial charge in [0.1, 0.15) is 5.75 Å². The maximum absolute atomic E-state index is 11.9. The smallest absolute Gasteiger partial charge is 0.159 e. The van der Waals surface area contributed by atoms with Crippen LogP contribution in [-0.4, -0.2) is 53.4 Å². The molecule has 2 aliphatic rings. The van der Waals surface area contributed by atoms with Crippen LogP contribution in [-0.2, 0) is 12.1 Å². The summed E-state index contributed by atoms with van der Waals surface area (Å²) >= 11 is 0. The number of ketones is 1. The number of nitrogens with zero attached hydrogens (tertiary/aromatic N) is 2. The fourth-order valence-electron chi connectivity index (χ4n) is 6.30. The minimum Gasteiger partial charge on any atom is -0.496 e. The predicted molar refractivity (Wildman–Crippen MR) is 133 cm³/mol. The third-order valence-corrected chi connectivity index (χ3v) is 8.16. The Kier molecular flexibility index (Phi) is 5.79. The average molecular weight is 446 g/mol. The summed E-state index contributed by atoms with van der Waals surface area (Å²) < 4.78 is 5.88. The first-order valence-electron chi connectivity index (χ1n) is 12.2. The molecule has 2 bridgehead atoms. The third kappa shape index (κ3) is 3.68. The Bertz CT molecular complexity index is 1170. The van der Waals surface area contributed by atoms with E-state index in [-0.39, 0.29) is 11.3 Å². The van der Waals surface area contributed by atoms with Crippen molar-refractivity contribution in [2.24, 2.45) is 0 Å². The lowest BCUT2D eigenvalue weighted by molar-refractivity contribution is -0.0585. The van der Waals surface area contributed by atoms with Gasteiger partial charge in [0.05, 0.1) is 7.11 Å². The van der Waals surface area contributed by atoms with Crippen molar-refractivity contribution < 1.29 is 9.53 Å². The zero-order chi connectivity index (χ0) is 23.2. The molecule has 174 valence electrons. The Labute approximate surface area is 196 Å². The third-order valence-electron chi connectivity index (χ3n) is 8.16. The van der Waals surface area contributed by atoms with E-state index < -0.39 is 0 Å². The van der Waals surface area contributed by atoms with Crippen molar-refractivity contribution in [3.05, 3.63) is 64.8 Å². The van der Waals surface area contributed by atoms with E-state index in [9.17, 15) is 4.79 Å². The average Bonchev–Trinajstić information content (AvgIpc) is 3.33. The topological polar surface area (TPSA) is 48.6 Å². The van der Waals surface area contributed by atoms with Gasteiger partial charge < -0.3 is 14.6 Å². The molecule has 5 rings (SSSR count). The molecule has 3 heterocycles. The van der Waals surface area contributed by atoms with E-state index in [2.05, 4.69) is 52.9 Å².